The Morgan fingerprint density at radius 3 is 2.65 bits per heavy atom. The molecule has 0 radical (unpaired) electrons. The van der Waals surface area contributed by atoms with Gasteiger partial charge in [0, 0.05) is 25.6 Å². The number of ether oxygens (including phenoxy) is 1. The van der Waals surface area contributed by atoms with Crippen LogP contribution in [0.4, 0.5) is 0 Å². The first-order valence-electron chi connectivity index (χ1n) is 7.62. The van der Waals surface area contributed by atoms with E-state index in [1.54, 1.807) is 0 Å². The van der Waals surface area contributed by atoms with Gasteiger partial charge in [0.05, 0.1) is 22.5 Å². The first kappa shape index (κ1) is 15.8. The summed E-state index contributed by atoms with van der Waals surface area (Å²) in [4.78, 5) is 0. The van der Waals surface area contributed by atoms with Crippen LogP contribution in [0.25, 0.3) is 0 Å². The Balaban J connectivity index is 2.16. The lowest BCUT2D eigenvalue weighted by Crippen LogP contribution is -2.43. The van der Waals surface area contributed by atoms with Gasteiger partial charge in [-0.2, -0.15) is 5.10 Å². The van der Waals surface area contributed by atoms with E-state index in [0.29, 0.717) is 12.0 Å². The summed E-state index contributed by atoms with van der Waals surface area (Å²) in [5.41, 5.74) is 2.04. The molecule has 1 heterocycles. The smallest absolute Gasteiger partial charge is 0.0847 e. The van der Waals surface area contributed by atoms with Crippen LogP contribution in [0.15, 0.2) is 0 Å². The molecule has 0 aromatic carbocycles. The molecule has 2 atom stereocenters. The number of hydrogen-bond donors (Lipinski definition) is 1. The van der Waals surface area contributed by atoms with Gasteiger partial charge in [-0.25, -0.2) is 0 Å². The number of likely N-dealkylation sites (N-methyl/N-ethyl adjacent to an activating group) is 1. The quantitative estimate of drug-likeness (QED) is 0.802. The molecule has 1 aliphatic carbocycles. The molecule has 1 fully saturated rings. The Hall–Kier alpha value is -0.580. The molecule has 4 nitrogen and oxygen atoms in total. The van der Waals surface area contributed by atoms with Crippen molar-refractivity contribution >= 4 is 11.6 Å². The highest BCUT2D eigenvalue weighted by Gasteiger charge is 2.37. The first-order chi connectivity index (χ1) is 9.62. The van der Waals surface area contributed by atoms with Crippen LogP contribution in [0.5, 0.6) is 0 Å². The van der Waals surface area contributed by atoms with E-state index < -0.39 is 0 Å². The average molecular weight is 300 g/mol. The lowest BCUT2D eigenvalue weighted by molar-refractivity contribution is 0.0206. The number of aromatic nitrogens is 2. The standard InChI is InChI=1S/C15H26ClN3O/c1-5-19-13(14(16)10(3)18-19)9-12(17-4)15(20-6-2)11-7-8-11/h11-12,15,17H,5-9H2,1-4H3. The fourth-order valence-corrected chi connectivity index (χ4v) is 3.07. The third kappa shape index (κ3) is 3.35. The molecule has 2 rings (SSSR count). The average Bonchev–Trinajstić information content (AvgIpc) is 3.24. The van der Waals surface area contributed by atoms with Crippen LogP contribution < -0.4 is 5.32 Å². The molecule has 0 saturated heterocycles. The van der Waals surface area contributed by atoms with Crippen molar-refractivity contribution in [1.82, 2.24) is 15.1 Å². The highest BCUT2D eigenvalue weighted by Crippen LogP contribution is 2.37. The van der Waals surface area contributed by atoms with E-state index >= 15 is 0 Å². The van der Waals surface area contributed by atoms with Crippen molar-refractivity contribution in [3.8, 4) is 0 Å². The Kier molecular flexibility index (Phi) is 5.47. The van der Waals surface area contributed by atoms with E-state index in [-0.39, 0.29) is 6.10 Å². The SMILES string of the molecule is CCOC(C1CC1)C(Cc1c(Cl)c(C)nn1CC)NC. The third-order valence-corrected chi connectivity index (χ3v) is 4.57. The molecule has 2 unspecified atom stereocenters. The van der Waals surface area contributed by atoms with Gasteiger partial charge >= 0.3 is 0 Å². The first-order valence-corrected chi connectivity index (χ1v) is 8.00. The minimum atomic E-state index is 0.279. The second kappa shape index (κ2) is 6.92. The fraction of sp³-hybridized carbons (Fsp3) is 0.800. The van der Waals surface area contributed by atoms with Gasteiger partial charge in [0.1, 0.15) is 0 Å². The molecule has 0 spiro atoms. The highest BCUT2D eigenvalue weighted by atomic mass is 35.5. The second-order valence-electron chi connectivity index (χ2n) is 5.52. The topological polar surface area (TPSA) is 39.1 Å². The zero-order chi connectivity index (χ0) is 14.7. The summed E-state index contributed by atoms with van der Waals surface area (Å²) in [5.74, 6) is 0.699. The lowest BCUT2D eigenvalue weighted by atomic mass is 10.0. The summed E-state index contributed by atoms with van der Waals surface area (Å²) in [6.07, 6.45) is 3.71. The third-order valence-electron chi connectivity index (χ3n) is 4.08. The van der Waals surface area contributed by atoms with Crippen molar-refractivity contribution in [1.29, 1.82) is 0 Å². The highest BCUT2D eigenvalue weighted by molar-refractivity contribution is 6.31. The Morgan fingerprint density at radius 1 is 1.45 bits per heavy atom. The molecule has 1 aromatic rings. The number of nitrogens with one attached hydrogen (secondary N) is 1. The second-order valence-corrected chi connectivity index (χ2v) is 5.90. The maximum Gasteiger partial charge on any atom is 0.0847 e. The predicted molar refractivity (Wildman–Crippen MR) is 82.3 cm³/mol. The molecule has 0 bridgehead atoms. The lowest BCUT2D eigenvalue weighted by Gasteiger charge is -2.27. The van der Waals surface area contributed by atoms with Crippen molar-refractivity contribution < 1.29 is 4.74 Å². The van der Waals surface area contributed by atoms with E-state index in [4.69, 9.17) is 16.3 Å². The van der Waals surface area contributed by atoms with Crippen LogP contribution in [0.2, 0.25) is 5.02 Å². The number of rotatable bonds is 8. The zero-order valence-electron chi connectivity index (χ0n) is 12.9. The maximum atomic E-state index is 6.42. The van der Waals surface area contributed by atoms with E-state index in [0.717, 1.165) is 36.0 Å². The number of halogens is 1. The molecule has 0 amide bonds. The molecule has 5 heteroatoms. The molecule has 0 aliphatic heterocycles. The fourth-order valence-electron chi connectivity index (χ4n) is 2.85. The maximum absolute atomic E-state index is 6.42. The minimum Gasteiger partial charge on any atom is -0.377 e. The molecular formula is C15H26ClN3O. The van der Waals surface area contributed by atoms with Gasteiger partial charge in [-0.3, -0.25) is 4.68 Å². The monoisotopic (exact) mass is 299 g/mol. The van der Waals surface area contributed by atoms with Crippen molar-refractivity contribution in [3.63, 3.8) is 0 Å². The van der Waals surface area contributed by atoms with Crippen LogP contribution >= 0.6 is 11.6 Å². The largest absolute Gasteiger partial charge is 0.377 e. The predicted octanol–water partition coefficient (Wildman–Crippen LogP) is 2.81. The van der Waals surface area contributed by atoms with E-state index in [1.165, 1.54) is 12.8 Å². The van der Waals surface area contributed by atoms with Gasteiger partial charge in [0.25, 0.3) is 0 Å². The zero-order valence-corrected chi connectivity index (χ0v) is 13.7. The minimum absolute atomic E-state index is 0.279. The summed E-state index contributed by atoms with van der Waals surface area (Å²) in [6.45, 7) is 7.74. The molecule has 20 heavy (non-hydrogen) atoms. The summed E-state index contributed by atoms with van der Waals surface area (Å²) < 4.78 is 7.99. The summed E-state index contributed by atoms with van der Waals surface area (Å²) in [6, 6.07) is 0.293. The van der Waals surface area contributed by atoms with Gasteiger partial charge < -0.3 is 10.1 Å². The molecule has 1 aliphatic rings. The van der Waals surface area contributed by atoms with Crippen LogP contribution in [-0.4, -0.2) is 35.6 Å². The normalized spacial score (nSPS) is 18.2. The van der Waals surface area contributed by atoms with Crippen LogP contribution in [0.1, 0.15) is 38.1 Å². The van der Waals surface area contributed by atoms with Crippen molar-refractivity contribution in [2.45, 2.75) is 58.7 Å². The van der Waals surface area contributed by atoms with E-state index in [2.05, 4.69) is 24.3 Å². The van der Waals surface area contributed by atoms with Gasteiger partial charge in [-0.1, -0.05) is 11.6 Å². The number of nitrogens with zero attached hydrogens (tertiary/aromatic N) is 2. The van der Waals surface area contributed by atoms with E-state index in [1.807, 2.05) is 18.7 Å². The van der Waals surface area contributed by atoms with Crippen LogP contribution in [0.3, 0.4) is 0 Å². The number of hydrogen-bond acceptors (Lipinski definition) is 3. The van der Waals surface area contributed by atoms with Crippen molar-refractivity contribution in [2.75, 3.05) is 13.7 Å². The van der Waals surface area contributed by atoms with Gasteiger partial charge in [-0.05, 0) is 46.6 Å². The molecular weight excluding hydrogens is 274 g/mol. The van der Waals surface area contributed by atoms with Gasteiger partial charge in [0.2, 0.25) is 0 Å². The van der Waals surface area contributed by atoms with E-state index in [9.17, 15) is 0 Å². The molecule has 114 valence electrons. The van der Waals surface area contributed by atoms with Crippen molar-refractivity contribution in [3.05, 3.63) is 16.4 Å². The summed E-state index contributed by atoms with van der Waals surface area (Å²) in [7, 11) is 2.01. The Morgan fingerprint density at radius 2 is 2.15 bits per heavy atom. The Bertz CT molecular complexity index is 443. The van der Waals surface area contributed by atoms with Gasteiger partial charge in [-0.15, -0.1) is 0 Å². The Labute approximate surface area is 126 Å². The molecule has 1 aromatic heterocycles. The summed E-state index contributed by atoms with van der Waals surface area (Å²) >= 11 is 6.42. The number of aryl methyl sites for hydroxylation is 2. The molecule has 1 N–H and O–H groups in total. The van der Waals surface area contributed by atoms with Gasteiger partial charge in [0.15, 0.2) is 0 Å². The summed E-state index contributed by atoms with van der Waals surface area (Å²) in [5, 5.41) is 8.72. The molecule has 1 saturated carbocycles. The van der Waals surface area contributed by atoms with Crippen LogP contribution in [0, 0.1) is 12.8 Å². The van der Waals surface area contributed by atoms with Crippen molar-refractivity contribution in [2.24, 2.45) is 5.92 Å². The van der Waals surface area contributed by atoms with Crippen LogP contribution in [-0.2, 0) is 17.7 Å².